The molecule has 4 rings (SSSR count). The molecule has 1 saturated heterocycles. The molecule has 0 saturated carbocycles. The van der Waals surface area contributed by atoms with E-state index in [-0.39, 0.29) is 5.91 Å². The van der Waals surface area contributed by atoms with Crippen molar-refractivity contribution >= 4 is 33.5 Å². The highest BCUT2D eigenvalue weighted by molar-refractivity contribution is 7.14. The number of carbonyl (C=O) groups excluding carboxylic acids is 1. The summed E-state index contributed by atoms with van der Waals surface area (Å²) in [5, 5.41) is 10.1. The second-order valence-corrected chi connectivity index (χ2v) is 8.20. The van der Waals surface area contributed by atoms with Gasteiger partial charge < -0.3 is 4.52 Å². The summed E-state index contributed by atoms with van der Waals surface area (Å²) in [6.07, 6.45) is 2.54. The second kappa shape index (κ2) is 7.36. The van der Waals surface area contributed by atoms with Crippen LogP contribution in [0.2, 0.25) is 0 Å². The predicted molar refractivity (Wildman–Crippen MR) is 105 cm³/mol. The Bertz CT molecular complexity index is 980. The van der Waals surface area contributed by atoms with Gasteiger partial charge in [0.15, 0.2) is 5.13 Å². The van der Waals surface area contributed by atoms with Crippen LogP contribution in [0.25, 0.3) is 11.1 Å². The van der Waals surface area contributed by atoms with Crippen LogP contribution in [0.4, 0.5) is 5.13 Å². The number of aromatic nitrogens is 3. The minimum absolute atomic E-state index is 0.218. The molecule has 1 N–H and O–H groups in total. The topological polar surface area (TPSA) is 84.2 Å². The molecule has 1 aliphatic rings. The third kappa shape index (κ3) is 3.86. The van der Waals surface area contributed by atoms with Gasteiger partial charge in [0.2, 0.25) is 0 Å². The van der Waals surface area contributed by atoms with Gasteiger partial charge in [0.05, 0.1) is 22.3 Å². The molecule has 0 aliphatic carbocycles. The number of rotatable bonds is 4. The summed E-state index contributed by atoms with van der Waals surface area (Å²) in [4.78, 5) is 24.1. The van der Waals surface area contributed by atoms with Crippen LogP contribution >= 0.6 is 11.3 Å². The number of hydrogen-bond acceptors (Lipinski definition) is 7. The maximum Gasteiger partial charge on any atom is 0.258 e. The van der Waals surface area contributed by atoms with E-state index in [9.17, 15) is 4.79 Å². The maximum atomic E-state index is 12.8. The molecule has 27 heavy (non-hydrogen) atoms. The number of nitrogens with zero attached hydrogens (tertiary/aromatic N) is 4. The van der Waals surface area contributed by atoms with Crippen LogP contribution in [0.1, 0.15) is 47.2 Å². The molecule has 4 heterocycles. The first-order chi connectivity index (χ1) is 13.0. The highest BCUT2D eigenvalue weighted by Crippen LogP contribution is 2.25. The van der Waals surface area contributed by atoms with Crippen molar-refractivity contribution in [3.05, 3.63) is 34.1 Å². The molecule has 0 spiro atoms. The van der Waals surface area contributed by atoms with Gasteiger partial charge in [0, 0.05) is 24.2 Å². The Labute approximate surface area is 161 Å². The molecule has 1 aliphatic heterocycles. The van der Waals surface area contributed by atoms with E-state index in [4.69, 9.17) is 4.52 Å². The van der Waals surface area contributed by atoms with Crippen molar-refractivity contribution in [1.82, 2.24) is 20.0 Å². The van der Waals surface area contributed by atoms with Gasteiger partial charge in [-0.1, -0.05) is 12.1 Å². The van der Waals surface area contributed by atoms with Gasteiger partial charge in [-0.3, -0.25) is 15.0 Å². The molecular formula is C19H23N5O2S. The molecule has 1 atom stereocenters. The summed E-state index contributed by atoms with van der Waals surface area (Å²) in [6, 6.07) is 1.76. The number of pyridine rings is 1. The maximum absolute atomic E-state index is 12.8. The van der Waals surface area contributed by atoms with E-state index in [1.807, 2.05) is 12.3 Å². The van der Waals surface area contributed by atoms with Crippen molar-refractivity contribution in [1.29, 1.82) is 0 Å². The van der Waals surface area contributed by atoms with E-state index in [0.29, 0.717) is 33.2 Å². The number of amides is 1. The zero-order valence-corrected chi connectivity index (χ0v) is 16.6. The number of hydrogen-bond donors (Lipinski definition) is 1. The predicted octanol–water partition coefficient (Wildman–Crippen LogP) is 3.78. The fourth-order valence-corrected chi connectivity index (χ4v) is 4.35. The summed E-state index contributed by atoms with van der Waals surface area (Å²) < 4.78 is 5.21. The largest absolute Gasteiger partial charge is 0.336 e. The Morgan fingerprint density at radius 3 is 3.07 bits per heavy atom. The lowest BCUT2D eigenvalue weighted by molar-refractivity contribution is 0.102. The molecule has 1 fully saturated rings. The average molecular weight is 385 g/mol. The third-order valence-electron chi connectivity index (χ3n) is 4.89. The van der Waals surface area contributed by atoms with Crippen LogP contribution in [0.15, 0.2) is 16.0 Å². The summed E-state index contributed by atoms with van der Waals surface area (Å²) in [5.41, 5.74) is 3.26. The molecule has 0 bridgehead atoms. The second-order valence-electron chi connectivity index (χ2n) is 7.34. The van der Waals surface area contributed by atoms with Gasteiger partial charge in [0.25, 0.3) is 11.6 Å². The fourth-order valence-electron chi connectivity index (χ4n) is 3.66. The van der Waals surface area contributed by atoms with Crippen LogP contribution in [0.3, 0.4) is 0 Å². The van der Waals surface area contributed by atoms with Crippen LogP contribution in [0, 0.1) is 19.8 Å². The van der Waals surface area contributed by atoms with Gasteiger partial charge in [-0.05, 0) is 45.2 Å². The first-order valence-corrected chi connectivity index (χ1v) is 10.1. The van der Waals surface area contributed by atoms with Crippen molar-refractivity contribution in [2.45, 2.75) is 40.2 Å². The average Bonchev–Trinajstić information content (AvgIpc) is 3.21. The lowest BCUT2D eigenvalue weighted by Crippen LogP contribution is -2.33. The normalized spacial score (nSPS) is 18.1. The number of likely N-dealkylation sites (tertiary alicyclic amines) is 1. The molecule has 142 valence electrons. The van der Waals surface area contributed by atoms with Crippen molar-refractivity contribution < 1.29 is 9.32 Å². The van der Waals surface area contributed by atoms with Crippen LogP contribution < -0.4 is 5.32 Å². The van der Waals surface area contributed by atoms with Gasteiger partial charge in [-0.2, -0.15) is 0 Å². The highest BCUT2D eigenvalue weighted by atomic mass is 32.1. The van der Waals surface area contributed by atoms with E-state index in [0.717, 1.165) is 31.2 Å². The van der Waals surface area contributed by atoms with Crippen molar-refractivity contribution in [2.75, 3.05) is 18.4 Å². The Hall–Kier alpha value is -2.32. The van der Waals surface area contributed by atoms with Gasteiger partial charge >= 0.3 is 0 Å². The Morgan fingerprint density at radius 2 is 2.26 bits per heavy atom. The molecule has 0 radical (unpaired) electrons. The highest BCUT2D eigenvalue weighted by Gasteiger charge is 2.20. The quantitative estimate of drug-likeness (QED) is 0.736. The van der Waals surface area contributed by atoms with Crippen molar-refractivity contribution in [2.24, 2.45) is 5.92 Å². The zero-order valence-electron chi connectivity index (χ0n) is 15.8. The number of carbonyl (C=O) groups is 1. The first-order valence-electron chi connectivity index (χ1n) is 9.21. The molecular weight excluding hydrogens is 362 g/mol. The Kier molecular flexibility index (Phi) is 4.92. The number of anilines is 1. The number of nitrogens with one attached hydrogen (secondary N) is 1. The summed E-state index contributed by atoms with van der Waals surface area (Å²) in [6.45, 7) is 8.99. The smallest absolute Gasteiger partial charge is 0.258 e. The number of piperidine rings is 1. The molecule has 1 amide bonds. The minimum Gasteiger partial charge on any atom is -0.336 e. The van der Waals surface area contributed by atoms with E-state index in [1.165, 1.54) is 24.2 Å². The summed E-state index contributed by atoms with van der Waals surface area (Å²) in [7, 11) is 0. The SMILES string of the molecule is Cc1cc(C(=O)Nc2nc(CN3CCC[C@@H](C)C3)cs2)c2c(C)noc2n1. The third-order valence-corrected chi connectivity index (χ3v) is 5.70. The van der Waals surface area contributed by atoms with Gasteiger partial charge in [-0.25, -0.2) is 9.97 Å². The van der Waals surface area contributed by atoms with Crippen LogP contribution in [-0.4, -0.2) is 39.0 Å². The van der Waals surface area contributed by atoms with Crippen LogP contribution in [0.5, 0.6) is 0 Å². The Morgan fingerprint density at radius 1 is 1.41 bits per heavy atom. The minimum atomic E-state index is -0.218. The number of fused-ring (bicyclic) bond motifs is 1. The molecule has 8 heteroatoms. The zero-order chi connectivity index (χ0) is 19.0. The van der Waals surface area contributed by atoms with E-state index in [1.54, 1.807) is 13.0 Å². The lowest BCUT2D eigenvalue weighted by Gasteiger charge is -2.30. The summed E-state index contributed by atoms with van der Waals surface area (Å²) in [5.74, 6) is 0.519. The van der Waals surface area contributed by atoms with Gasteiger partial charge in [0.1, 0.15) is 0 Å². The molecule has 7 nitrogen and oxygen atoms in total. The molecule has 3 aromatic heterocycles. The van der Waals surface area contributed by atoms with E-state index in [2.05, 4.69) is 32.3 Å². The monoisotopic (exact) mass is 385 g/mol. The van der Waals surface area contributed by atoms with Gasteiger partial charge in [-0.15, -0.1) is 11.3 Å². The number of aryl methyl sites for hydroxylation is 2. The number of thiazole rings is 1. The van der Waals surface area contributed by atoms with Crippen molar-refractivity contribution in [3.63, 3.8) is 0 Å². The molecule has 0 unspecified atom stereocenters. The molecule has 0 aromatic carbocycles. The van der Waals surface area contributed by atoms with Crippen LogP contribution in [-0.2, 0) is 6.54 Å². The van der Waals surface area contributed by atoms with E-state index < -0.39 is 0 Å². The Balaban J connectivity index is 1.49. The first kappa shape index (κ1) is 18.1. The van der Waals surface area contributed by atoms with E-state index >= 15 is 0 Å². The fraction of sp³-hybridized carbons (Fsp3) is 0.474. The molecule has 3 aromatic rings. The standard InChI is InChI=1S/C19H23N5O2S/c1-11-5-4-6-24(8-11)9-14-10-27-19(21-14)22-17(25)15-7-12(2)20-18-16(15)13(3)23-26-18/h7,10-11H,4-6,8-9H2,1-3H3,(H,21,22,25)/t11-/m1/s1. The lowest BCUT2D eigenvalue weighted by atomic mass is 10.0. The summed E-state index contributed by atoms with van der Waals surface area (Å²) >= 11 is 1.45. The van der Waals surface area contributed by atoms with Crippen molar-refractivity contribution in [3.8, 4) is 0 Å².